The molecule has 1 atom stereocenters. The van der Waals surface area contributed by atoms with Gasteiger partial charge in [-0.3, -0.25) is 0 Å². The highest BCUT2D eigenvalue weighted by Crippen LogP contribution is 2.33. The van der Waals surface area contributed by atoms with Crippen molar-refractivity contribution in [3.05, 3.63) is 29.8 Å². The van der Waals surface area contributed by atoms with Crippen LogP contribution in [0.1, 0.15) is 24.5 Å². The average molecular weight is 235 g/mol. The molecule has 1 saturated carbocycles. The summed E-state index contributed by atoms with van der Waals surface area (Å²) in [5.41, 5.74) is 1.13. The Labute approximate surface area is 103 Å². The van der Waals surface area contributed by atoms with Crippen LogP contribution in [0.4, 0.5) is 0 Å². The molecule has 0 aromatic heterocycles. The fraction of sp³-hybridized carbons (Fsp3) is 0.571. The number of rotatable bonds is 7. The van der Waals surface area contributed by atoms with E-state index in [4.69, 9.17) is 9.47 Å². The van der Waals surface area contributed by atoms with Gasteiger partial charge in [0.05, 0.1) is 19.8 Å². The van der Waals surface area contributed by atoms with Gasteiger partial charge in [-0.2, -0.15) is 0 Å². The number of hydrogen-bond acceptors (Lipinski definition) is 3. The van der Waals surface area contributed by atoms with Crippen molar-refractivity contribution in [3.63, 3.8) is 0 Å². The number of nitrogens with one attached hydrogen (secondary N) is 1. The lowest BCUT2D eigenvalue weighted by Gasteiger charge is -2.20. The van der Waals surface area contributed by atoms with E-state index in [9.17, 15) is 0 Å². The molecule has 3 nitrogen and oxygen atoms in total. The highest BCUT2D eigenvalue weighted by atomic mass is 16.5. The fourth-order valence-corrected chi connectivity index (χ4v) is 1.91. The lowest BCUT2D eigenvalue weighted by atomic mass is 10.1. The second kappa shape index (κ2) is 6.03. The molecule has 0 spiro atoms. The van der Waals surface area contributed by atoms with Gasteiger partial charge in [-0.15, -0.1) is 0 Å². The lowest BCUT2D eigenvalue weighted by Crippen LogP contribution is -2.21. The first-order valence-corrected chi connectivity index (χ1v) is 6.24. The maximum atomic E-state index is 5.99. The van der Waals surface area contributed by atoms with E-state index in [1.165, 1.54) is 12.8 Å². The zero-order valence-corrected chi connectivity index (χ0v) is 10.6. The van der Waals surface area contributed by atoms with Crippen molar-refractivity contribution in [2.75, 3.05) is 27.3 Å². The predicted molar refractivity (Wildman–Crippen MR) is 68.3 cm³/mol. The van der Waals surface area contributed by atoms with Gasteiger partial charge in [0.15, 0.2) is 0 Å². The summed E-state index contributed by atoms with van der Waals surface area (Å²) in [7, 11) is 3.65. The number of likely N-dealkylation sites (N-methyl/N-ethyl adjacent to an activating group) is 1. The van der Waals surface area contributed by atoms with E-state index in [0.717, 1.165) is 30.4 Å². The monoisotopic (exact) mass is 235 g/mol. The zero-order valence-electron chi connectivity index (χ0n) is 10.6. The average Bonchev–Trinajstić information content (AvgIpc) is 3.18. The van der Waals surface area contributed by atoms with Crippen molar-refractivity contribution >= 4 is 0 Å². The van der Waals surface area contributed by atoms with Crippen LogP contribution in [0.25, 0.3) is 0 Å². The Bertz CT molecular complexity index is 350. The van der Waals surface area contributed by atoms with E-state index in [1.807, 2.05) is 25.2 Å². The van der Waals surface area contributed by atoms with Crippen molar-refractivity contribution < 1.29 is 9.47 Å². The molecule has 0 bridgehead atoms. The molecule has 1 aromatic rings. The molecule has 1 aliphatic carbocycles. The first-order valence-electron chi connectivity index (χ1n) is 6.24. The van der Waals surface area contributed by atoms with Crippen LogP contribution in [0.5, 0.6) is 5.75 Å². The number of hydrogen-bond donors (Lipinski definition) is 1. The minimum atomic E-state index is 0.0803. The molecule has 1 N–H and O–H groups in total. The maximum absolute atomic E-state index is 5.99. The smallest absolute Gasteiger partial charge is 0.124 e. The highest BCUT2D eigenvalue weighted by Gasteiger charge is 2.24. The van der Waals surface area contributed by atoms with Gasteiger partial charge in [0.2, 0.25) is 0 Å². The molecule has 17 heavy (non-hydrogen) atoms. The minimum Gasteiger partial charge on any atom is -0.496 e. The van der Waals surface area contributed by atoms with Crippen LogP contribution < -0.4 is 10.1 Å². The van der Waals surface area contributed by atoms with E-state index < -0.39 is 0 Å². The summed E-state index contributed by atoms with van der Waals surface area (Å²) in [5.74, 6) is 1.69. The van der Waals surface area contributed by atoms with Crippen molar-refractivity contribution in [2.24, 2.45) is 5.92 Å². The molecule has 0 heterocycles. The molecule has 0 aliphatic heterocycles. The van der Waals surface area contributed by atoms with Gasteiger partial charge in [0.25, 0.3) is 0 Å². The SMILES string of the molecule is CNCC(OCC1CC1)c1ccccc1OC. The Balaban J connectivity index is 2.05. The van der Waals surface area contributed by atoms with Crippen LogP contribution in [0, 0.1) is 5.92 Å². The number of para-hydroxylation sites is 1. The molecule has 1 aromatic carbocycles. The Morgan fingerprint density at radius 2 is 2.12 bits per heavy atom. The molecular formula is C14H21NO2. The molecule has 0 saturated heterocycles. The molecule has 1 fully saturated rings. The zero-order chi connectivity index (χ0) is 12.1. The minimum absolute atomic E-state index is 0.0803. The molecule has 2 rings (SSSR count). The molecule has 0 amide bonds. The normalized spacial score (nSPS) is 16.8. The van der Waals surface area contributed by atoms with Crippen molar-refractivity contribution in [2.45, 2.75) is 18.9 Å². The topological polar surface area (TPSA) is 30.5 Å². The van der Waals surface area contributed by atoms with Gasteiger partial charge < -0.3 is 14.8 Å². The molecule has 1 aliphatic rings. The van der Waals surface area contributed by atoms with Crippen molar-refractivity contribution in [1.29, 1.82) is 0 Å². The first kappa shape index (κ1) is 12.4. The summed E-state index contributed by atoms with van der Waals surface area (Å²) in [6, 6.07) is 8.08. The number of benzene rings is 1. The maximum Gasteiger partial charge on any atom is 0.124 e. The second-order valence-corrected chi connectivity index (χ2v) is 4.56. The quantitative estimate of drug-likeness (QED) is 0.787. The van der Waals surface area contributed by atoms with E-state index in [-0.39, 0.29) is 6.10 Å². The van der Waals surface area contributed by atoms with Gasteiger partial charge in [-0.25, -0.2) is 0 Å². The fourth-order valence-electron chi connectivity index (χ4n) is 1.91. The second-order valence-electron chi connectivity index (χ2n) is 4.56. The Morgan fingerprint density at radius 3 is 2.76 bits per heavy atom. The Kier molecular flexibility index (Phi) is 4.40. The van der Waals surface area contributed by atoms with Gasteiger partial charge in [-0.1, -0.05) is 18.2 Å². The third kappa shape index (κ3) is 3.45. The molecule has 0 radical (unpaired) electrons. The van der Waals surface area contributed by atoms with E-state index >= 15 is 0 Å². The third-order valence-corrected chi connectivity index (χ3v) is 3.11. The molecule has 3 heteroatoms. The summed E-state index contributed by atoms with van der Waals surface area (Å²) in [6.07, 6.45) is 2.72. The molecule has 1 unspecified atom stereocenters. The van der Waals surface area contributed by atoms with Crippen LogP contribution >= 0.6 is 0 Å². The Morgan fingerprint density at radius 1 is 1.35 bits per heavy atom. The van der Waals surface area contributed by atoms with Gasteiger partial charge >= 0.3 is 0 Å². The van der Waals surface area contributed by atoms with Gasteiger partial charge in [0, 0.05) is 12.1 Å². The highest BCUT2D eigenvalue weighted by molar-refractivity contribution is 5.35. The largest absolute Gasteiger partial charge is 0.496 e. The summed E-state index contributed by atoms with van der Waals surface area (Å²) in [5, 5.41) is 3.18. The Hall–Kier alpha value is -1.06. The summed E-state index contributed by atoms with van der Waals surface area (Å²) in [4.78, 5) is 0. The van der Waals surface area contributed by atoms with Crippen LogP contribution in [0.3, 0.4) is 0 Å². The van der Waals surface area contributed by atoms with Crippen LogP contribution in [-0.2, 0) is 4.74 Å². The lowest BCUT2D eigenvalue weighted by molar-refractivity contribution is 0.0449. The molecular weight excluding hydrogens is 214 g/mol. The number of ether oxygens (including phenoxy) is 2. The van der Waals surface area contributed by atoms with E-state index in [2.05, 4.69) is 11.4 Å². The van der Waals surface area contributed by atoms with Crippen LogP contribution in [0.2, 0.25) is 0 Å². The molecule has 94 valence electrons. The standard InChI is InChI=1S/C14H21NO2/c1-15-9-14(17-10-11-7-8-11)12-5-3-4-6-13(12)16-2/h3-6,11,14-15H,7-10H2,1-2H3. The predicted octanol–water partition coefficient (Wildman–Crippen LogP) is 2.38. The van der Waals surface area contributed by atoms with Crippen molar-refractivity contribution in [1.82, 2.24) is 5.32 Å². The van der Waals surface area contributed by atoms with E-state index in [1.54, 1.807) is 7.11 Å². The van der Waals surface area contributed by atoms with Crippen LogP contribution in [0.15, 0.2) is 24.3 Å². The first-order chi connectivity index (χ1) is 8.35. The summed E-state index contributed by atoms with van der Waals surface area (Å²) >= 11 is 0. The third-order valence-electron chi connectivity index (χ3n) is 3.11. The van der Waals surface area contributed by atoms with Gasteiger partial charge in [-0.05, 0) is 31.9 Å². The van der Waals surface area contributed by atoms with Crippen LogP contribution in [-0.4, -0.2) is 27.3 Å². The van der Waals surface area contributed by atoms with Gasteiger partial charge in [0.1, 0.15) is 5.75 Å². The number of methoxy groups -OCH3 is 1. The van der Waals surface area contributed by atoms with E-state index in [0.29, 0.717) is 0 Å². The summed E-state index contributed by atoms with van der Waals surface area (Å²) < 4.78 is 11.4. The summed E-state index contributed by atoms with van der Waals surface area (Å²) in [6.45, 7) is 1.68. The van der Waals surface area contributed by atoms with Crippen molar-refractivity contribution in [3.8, 4) is 5.75 Å².